The van der Waals surface area contributed by atoms with Gasteiger partial charge in [0.2, 0.25) is 0 Å². The second-order valence-electron chi connectivity index (χ2n) is 4.92. The van der Waals surface area contributed by atoms with Crippen molar-refractivity contribution < 1.29 is 4.74 Å². The molecule has 2 rings (SSSR count). The van der Waals surface area contributed by atoms with Crippen LogP contribution in [0.1, 0.15) is 24.6 Å². The predicted octanol–water partition coefficient (Wildman–Crippen LogP) is 3.21. The highest BCUT2D eigenvalue weighted by molar-refractivity contribution is 6.30. The minimum absolute atomic E-state index is 0.717. The first-order valence-electron chi connectivity index (χ1n) is 7.27. The molecule has 0 saturated carbocycles. The molecule has 21 heavy (non-hydrogen) atoms. The Morgan fingerprint density at radius 2 is 2.05 bits per heavy atom. The van der Waals surface area contributed by atoms with Gasteiger partial charge in [0.25, 0.3) is 0 Å². The van der Waals surface area contributed by atoms with Crippen molar-refractivity contribution in [3.63, 3.8) is 0 Å². The molecule has 114 valence electrons. The summed E-state index contributed by atoms with van der Waals surface area (Å²) in [5.41, 5.74) is 3.54. The third-order valence-electron chi connectivity index (χ3n) is 3.31. The standard InChI is InChI=1S/C16H22ClN3O/c1-3-4-16-13(11-18-9-10-21-2)12-19-20(16)15-7-5-14(17)6-8-15/h5-8,12,18H,3-4,9-11H2,1-2H3. The molecule has 0 radical (unpaired) electrons. The first-order chi connectivity index (χ1) is 10.3. The lowest BCUT2D eigenvalue weighted by Gasteiger charge is -2.10. The predicted molar refractivity (Wildman–Crippen MR) is 86.2 cm³/mol. The average molecular weight is 308 g/mol. The van der Waals surface area contributed by atoms with Crippen molar-refractivity contribution in [2.45, 2.75) is 26.3 Å². The zero-order chi connectivity index (χ0) is 15.1. The average Bonchev–Trinajstić information content (AvgIpc) is 2.88. The van der Waals surface area contributed by atoms with Crippen LogP contribution in [-0.4, -0.2) is 30.0 Å². The van der Waals surface area contributed by atoms with E-state index in [2.05, 4.69) is 17.3 Å². The van der Waals surface area contributed by atoms with Crippen molar-refractivity contribution in [2.75, 3.05) is 20.3 Å². The summed E-state index contributed by atoms with van der Waals surface area (Å²) in [4.78, 5) is 0. The van der Waals surface area contributed by atoms with E-state index in [0.29, 0.717) is 6.61 Å². The molecule has 0 aliphatic carbocycles. The molecule has 0 bridgehead atoms. The number of rotatable bonds is 8. The molecule has 0 atom stereocenters. The van der Waals surface area contributed by atoms with Crippen LogP contribution >= 0.6 is 11.6 Å². The van der Waals surface area contributed by atoms with Crippen LogP contribution in [0.5, 0.6) is 0 Å². The van der Waals surface area contributed by atoms with Gasteiger partial charge in [0.1, 0.15) is 0 Å². The summed E-state index contributed by atoms with van der Waals surface area (Å²) >= 11 is 5.95. The number of hydrogen-bond donors (Lipinski definition) is 1. The zero-order valence-corrected chi connectivity index (χ0v) is 13.4. The molecule has 5 heteroatoms. The van der Waals surface area contributed by atoms with E-state index >= 15 is 0 Å². The molecule has 0 fully saturated rings. The van der Waals surface area contributed by atoms with Gasteiger partial charge in [-0.3, -0.25) is 0 Å². The van der Waals surface area contributed by atoms with Gasteiger partial charge in [-0.1, -0.05) is 24.9 Å². The van der Waals surface area contributed by atoms with E-state index in [9.17, 15) is 0 Å². The summed E-state index contributed by atoms with van der Waals surface area (Å²) in [6, 6.07) is 7.78. The highest BCUT2D eigenvalue weighted by atomic mass is 35.5. The first-order valence-corrected chi connectivity index (χ1v) is 7.65. The number of benzene rings is 1. The van der Waals surface area contributed by atoms with Crippen molar-refractivity contribution in [1.29, 1.82) is 0 Å². The van der Waals surface area contributed by atoms with Gasteiger partial charge >= 0.3 is 0 Å². The number of hydrogen-bond acceptors (Lipinski definition) is 3. The van der Waals surface area contributed by atoms with Gasteiger partial charge in [-0.2, -0.15) is 5.10 Å². The van der Waals surface area contributed by atoms with Crippen LogP contribution in [-0.2, 0) is 17.7 Å². The summed E-state index contributed by atoms with van der Waals surface area (Å²) in [5, 5.41) is 8.65. The lowest BCUT2D eigenvalue weighted by Crippen LogP contribution is -2.19. The third kappa shape index (κ3) is 4.30. The normalized spacial score (nSPS) is 11.0. The minimum Gasteiger partial charge on any atom is -0.383 e. The zero-order valence-electron chi connectivity index (χ0n) is 12.6. The van der Waals surface area contributed by atoms with Crippen LogP contribution in [0.4, 0.5) is 0 Å². The molecule has 1 N–H and O–H groups in total. The van der Waals surface area contributed by atoms with E-state index in [0.717, 1.165) is 36.6 Å². The van der Waals surface area contributed by atoms with E-state index in [1.165, 1.54) is 11.3 Å². The van der Waals surface area contributed by atoms with Crippen molar-refractivity contribution >= 4 is 11.6 Å². The molecule has 1 heterocycles. The number of ether oxygens (including phenoxy) is 1. The fourth-order valence-corrected chi connectivity index (χ4v) is 2.39. The topological polar surface area (TPSA) is 39.1 Å². The Morgan fingerprint density at radius 3 is 2.71 bits per heavy atom. The van der Waals surface area contributed by atoms with Gasteiger partial charge in [-0.15, -0.1) is 0 Å². The molecule has 4 nitrogen and oxygen atoms in total. The summed E-state index contributed by atoms with van der Waals surface area (Å²) in [6.07, 6.45) is 4.04. The molecule has 0 saturated heterocycles. The quantitative estimate of drug-likeness (QED) is 0.761. The molecule has 0 aliphatic heterocycles. The van der Waals surface area contributed by atoms with Gasteiger partial charge in [0.15, 0.2) is 0 Å². The Kier molecular flexibility index (Phi) is 6.23. The van der Waals surface area contributed by atoms with Crippen LogP contribution in [0.2, 0.25) is 5.02 Å². The maximum Gasteiger partial charge on any atom is 0.0649 e. The fourth-order valence-electron chi connectivity index (χ4n) is 2.26. The summed E-state index contributed by atoms with van der Waals surface area (Å²) < 4.78 is 7.05. The van der Waals surface area contributed by atoms with Gasteiger partial charge in [0.05, 0.1) is 18.5 Å². The molecule has 1 aromatic carbocycles. The second kappa shape index (κ2) is 8.17. The molecular formula is C16H22ClN3O. The Balaban J connectivity index is 2.17. The van der Waals surface area contributed by atoms with Gasteiger partial charge in [-0.05, 0) is 30.7 Å². The highest BCUT2D eigenvalue weighted by Crippen LogP contribution is 2.18. The maximum absolute atomic E-state index is 5.95. The Bertz CT molecular complexity index is 551. The van der Waals surface area contributed by atoms with Crippen molar-refractivity contribution in [3.05, 3.63) is 46.7 Å². The fraction of sp³-hybridized carbons (Fsp3) is 0.438. The van der Waals surface area contributed by atoms with E-state index in [1.807, 2.05) is 35.1 Å². The minimum atomic E-state index is 0.717. The molecule has 0 unspecified atom stereocenters. The smallest absolute Gasteiger partial charge is 0.0649 e. The molecule has 0 aliphatic rings. The van der Waals surface area contributed by atoms with E-state index < -0.39 is 0 Å². The van der Waals surface area contributed by atoms with Gasteiger partial charge < -0.3 is 10.1 Å². The largest absolute Gasteiger partial charge is 0.383 e. The van der Waals surface area contributed by atoms with Gasteiger partial charge in [-0.25, -0.2) is 4.68 Å². The van der Waals surface area contributed by atoms with E-state index in [-0.39, 0.29) is 0 Å². The number of methoxy groups -OCH3 is 1. The number of halogens is 1. The summed E-state index contributed by atoms with van der Waals surface area (Å²) in [6.45, 7) is 4.55. The highest BCUT2D eigenvalue weighted by Gasteiger charge is 2.11. The third-order valence-corrected chi connectivity index (χ3v) is 3.56. The van der Waals surface area contributed by atoms with Crippen LogP contribution in [0.15, 0.2) is 30.5 Å². The van der Waals surface area contributed by atoms with Crippen LogP contribution in [0.3, 0.4) is 0 Å². The SMILES string of the molecule is CCCc1c(CNCCOC)cnn1-c1ccc(Cl)cc1. The number of aromatic nitrogens is 2. The van der Waals surface area contributed by atoms with Crippen molar-refractivity contribution in [2.24, 2.45) is 0 Å². The number of nitrogens with one attached hydrogen (secondary N) is 1. The number of nitrogens with zero attached hydrogens (tertiary/aromatic N) is 2. The molecular weight excluding hydrogens is 286 g/mol. The molecule has 2 aromatic rings. The first kappa shape index (κ1) is 16.0. The monoisotopic (exact) mass is 307 g/mol. The van der Waals surface area contributed by atoms with E-state index in [4.69, 9.17) is 16.3 Å². The molecule has 1 aromatic heterocycles. The van der Waals surface area contributed by atoms with Crippen LogP contribution in [0.25, 0.3) is 5.69 Å². The lowest BCUT2D eigenvalue weighted by atomic mass is 10.1. The molecule has 0 amide bonds. The Morgan fingerprint density at radius 1 is 1.29 bits per heavy atom. The van der Waals surface area contributed by atoms with E-state index in [1.54, 1.807) is 7.11 Å². The Hall–Kier alpha value is -1.36. The van der Waals surface area contributed by atoms with Crippen LogP contribution < -0.4 is 5.32 Å². The maximum atomic E-state index is 5.95. The summed E-state index contributed by atoms with van der Waals surface area (Å²) in [5.74, 6) is 0. The second-order valence-corrected chi connectivity index (χ2v) is 5.36. The van der Waals surface area contributed by atoms with Crippen LogP contribution in [0, 0.1) is 0 Å². The van der Waals surface area contributed by atoms with Crippen molar-refractivity contribution in [1.82, 2.24) is 15.1 Å². The lowest BCUT2D eigenvalue weighted by molar-refractivity contribution is 0.199. The Labute approximate surface area is 131 Å². The van der Waals surface area contributed by atoms with Gasteiger partial charge in [0, 0.05) is 36.5 Å². The summed E-state index contributed by atoms with van der Waals surface area (Å²) in [7, 11) is 1.71. The van der Waals surface area contributed by atoms with Crippen molar-refractivity contribution in [3.8, 4) is 5.69 Å². The molecule has 0 spiro atoms.